The molecule has 0 saturated carbocycles. The number of aliphatic hydroxyl groups excluding tert-OH is 1. The monoisotopic (exact) mass is 166 g/mol. The number of ether oxygens (including phenoxy) is 2. The predicted molar refractivity (Wildman–Crippen MR) is 42.6 cm³/mol. The van der Waals surface area contributed by atoms with Crippen LogP contribution < -0.4 is 4.74 Å². The molecule has 0 unspecified atom stereocenters. The summed E-state index contributed by atoms with van der Waals surface area (Å²) in [7, 11) is 0. The second-order valence-electron chi connectivity index (χ2n) is 2.71. The summed E-state index contributed by atoms with van der Waals surface area (Å²) in [5.41, 5.74) is 1.91. The molecule has 3 heteroatoms. The molecule has 64 valence electrons. The van der Waals surface area contributed by atoms with E-state index in [1.807, 2.05) is 18.2 Å². The van der Waals surface area contributed by atoms with Crippen molar-refractivity contribution in [3.8, 4) is 5.75 Å². The minimum Gasteiger partial charge on any atom is -0.467 e. The molecule has 12 heavy (non-hydrogen) atoms. The van der Waals surface area contributed by atoms with Crippen molar-refractivity contribution in [2.24, 2.45) is 0 Å². The highest BCUT2D eigenvalue weighted by Gasteiger charge is 2.09. The zero-order valence-corrected chi connectivity index (χ0v) is 6.62. The van der Waals surface area contributed by atoms with Crippen molar-refractivity contribution in [3.05, 3.63) is 29.3 Å². The molecule has 0 radical (unpaired) electrons. The minimum absolute atomic E-state index is 0.0531. The largest absolute Gasteiger partial charge is 0.467 e. The molecule has 1 N–H and O–H groups in total. The van der Waals surface area contributed by atoms with Crippen LogP contribution in [0.2, 0.25) is 0 Å². The fourth-order valence-corrected chi connectivity index (χ4v) is 1.21. The molecule has 1 aliphatic heterocycles. The van der Waals surface area contributed by atoms with Crippen LogP contribution in [0.25, 0.3) is 0 Å². The van der Waals surface area contributed by atoms with Crippen molar-refractivity contribution in [2.45, 2.75) is 13.2 Å². The zero-order valence-electron chi connectivity index (χ0n) is 6.62. The van der Waals surface area contributed by atoms with Gasteiger partial charge in [-0.3, -0.25) is 0 Å². The van der Waals surface area contributed by atoms with Crippen LogP contribution in [0.1, 0.15) is 11.1 Å². The lowest BCUT2D eigenvalue weighted by molar-refractivity contribution is -0.0164. The molecule has 1 aromatic carbocycles. The molecular weight excluding hydrogens is 156 g/mol. The predicted octanol–water partition coefficient (Wildman–Crippen LogP) is 1.05. The molecule has 1 heterocycles. The smallest absolute Gasteiger partial charge is 0.189 e. The first-order chi connectivity index (χ1) is 5.90. The van der Waals surface area contributed by atoms with Crippen molar-refractivity contribution >= 4 is 0 Å². The molecule has 0 amide bonds. The van der Waals surface area contributed by atoms with E-state index in [-0.39, 0.29) is 6.61 Å². The fraction of sp³-hybridized carbons (Fsp3) is 0.333. The van der Waals surface area contributed by atoms with Crippen LogP contribution in [-0.2, 0) is 18.0 Å². The number of fused-ring (bicyclic) bond motifs is 1. The van der Waals surface area contributed by atoms with Crippen LogP contribution in [-0.4, -0.2) is 11.9 Å². The molecule has 0 spiro atoms. The summed E-state index contributed by atoms with van der Waals surface area (Å²) < 4.78 is 10.3. The Morgan fingerprint density at radius 1 is 1.42 bits per heavy atom. The summed E-state index contributed by atoms with van der Waals surface area (Å²) in [5.74, 6) is 0.827. The standard InChI is InChI=1S/C9H10O3/c10-4-7-1-2-8-5-11-6-12-9(8)3-7/h1-3,10H,4-6H2. The van der Waals surface area contributed by atoms with E-state index < -0.39 is 0 Å². The van der Waals surface area contributed by atoms with Gasteiger partial charge >= 0.3 is 0 Å². The lowest BCUT2D eigenvalue weighted by Crippen LogP contribution is -2.11. The highest BCUT2D eigenvalue weighted by molar-refractivity contribution is 5.37. The molecule has 2 rings (SSSR count). The van der Waals surface area contributed by atoms with Crippen LogP contribution in [0, 0.1) is 0 Å². The van der Waals surface area contributed by atoms with Gasteiger partial charge in [-0.05, 0) is 11.6 Å². The minimum atomic E-state index is 0.0531. The summed E-state index contributed by atoms with van der Waals surface area (Å²) in [6, 6.07) is 5.63. The summed E-state index contributed by atoms with van der Waals surface area (Å²) >= 11 is 0. The van der Waals surface area contributed by atoms with Gasteiger partial charge in [0.05, 0.1) is 13.2 Å². The summed E-state index contributed by atoms with van der Waals surface area (Å²) in [4.78, 5) is 0. The average Bonchev–Trinajstić information content (AvgIpc) is 2.17. The Balaban J connectivity index is 2.36. The number of aliphatic hydroxyl groups is 1. The van der Waals surface area contributed by atoms with Crippen molar-refractivity contribution in [1.29, 1.82) is 0 Å². The molecule has 0 saturated heterocycles. The van der Waals surface area contributed by atoms with Gasteiger partial charge in [0, 0.05) is 5.56 Å². The van der Waals surface area contributed by atoms with Crippen LogP contribution in [0.5, 0.6) is 5.75 Å². The Morgan fingerprint density at radius 2 is 2.33 bits per heavy atom. The van der Waals surface area contributed by atoms with Gasteiger partial charge in [0.2, 0.25) is 0 Å². The van der Waals surface area contributed by atoms with Gasteiger partial charge in [-0.25, -0.2) is 0 Å². The van der Waals surface area contributed by atoms with Gasteiger partial charge in [0.25, 0.3) is 0 Å². The summed E-state index contributed by atoms with van der Waals surface area (Å²) in [6.07, 6.45) is 0. The zero-order chi connectivity index (χ0) is 8.39. The summed E-state index contributed by atoms with van der Waals surface area (Å²) in [5, 5.41) is 8.85. The fourth-order valence-electron chi connectivity index (χ4n) is 1.21. The van der Waals surface area contributed by atoms with Crippen LogP contribution in [0.4, 0.5) is 0 Å². The third-order valence-corrected chi connectivity index (χ3v) is 1.87. The number of benzene rings is 1. The van der Waals surface area contributed by atoms with Crippen LogP contribution >= 0.6 is 0 Å². The first-order valence-corrected chi connectivity index (χ1v) is 3.83. The van der Waals surface area contributed by atoms with Gasteiger partial charge in [0.1, 0.15) is 5.75 Å². The summed E-state index contributed by atoms with van der Waals surface area (Å²) in [6.45, 7) is 0.959. The van der Waals surface area contributed by atoms with E-state index in [2.05, 4.69) is 0 Å². The van der Waals surface area contributed by atoms with Gasteiger partial charge < -0.3 is 14.6 Å². The quantitative estimate of drug-likeness (QED) is 0.677. The maximum absolute atomic E-state index is 8.85. The normalized spacial score (nSPS) is 15.1. The van der Waals surface area contributed by atoms with E-state index >= 15 is 0 Å². The van der Waals surface area contributed by atoms with Crippen molar-refractivity contribution in [1.82, 2.24) is 0 Å². The third kappa shape index (κ3) is 1.29. The van der Waals surface area contributed by atoms with E-state index in [1.54, 1.807) is 0 Å². The molecule has 0 atom stereocenters. The Kier molecular flexibility index (Phi) is 1.98. The highest BCUT2D eigenvalue weighted by atomic mass is 16.7. The SMILES string of the molecule is OCc1ccc2c(c1)OCOC2. The van der Waals surface area contributed by atoms with Gasteiger partial charge in [0.15, 0.2) is 6.79 Å². The lowest BCUT2D eigenvalue weighted by Gasteiger charge is -2.17. The second-order valence-corrected chi connectivity index (χ2v) is 2.71. The van der Waals surface area contributed by atoms with Crippen LogP contribution in [0.15, 0.2) is 18.2 Å². The Morgan fingerprint density at radius 3 is 3.17 bits per heavy atom. The maximum Gasteiger partial charge on any atom is 0.189 e. The van der Waals surface area contributed by atoms with Gasteiger partial charge in [-0.2, -0.15) is 0 Å². The van der Waals surface area contributed by atoms with E-state index in [9.17, 15) is 0 Å². The van der Waals surface area contributed by atoms with Gasteiger partial charge in [-0.1, -0.05) is 12.1 Å². The number of rotatable bonds is 1. The molecule has 3 nitrogen and oxygen atoms in total. The third-order valence-electron chi connectivity index (χ3n) is 1.87. The van der Waals surface area contributed by atoms with E-state index in [4.69, 9.17) is 14.6 Å². The van der Waals surface area contributed by atoms with E-state index in [0.717, 1.165) is 16.9 Å². The molecule has 0 aromatic heterocycles. The molecule has 1 aliphatic rings. The molecule has 1 aromatic rings. The molecule has 0 fully saturated rings. The van der Waals surface area contributed by atoms with Crippen molar-refractivity contribution in [3.63, 3.8) is 0 Å². The number of hydrogen-bond acceptors (Lipinski definition) is 3. The van der Waals surface area contributed by atoms with E-state index in [1.165, 1.54) is 0 Å². The topological polar surface area (TPSA) is 38.7 Å². The highest BCUT2D eigenvalue weighted by Crippen LogP contribution is 2.24. The Bertz CT molecular complexity index is 283. The average molecular weight is 166 g/mol. The van der Waals surface area contributed by atoms with Crippen LogP contribution in [0.3, 0.4) is 0 Å². The first kappa shape index (κ1) is 7.58. The van der Waals surface area contributed by atoms with E-state index in [0.29, 0.717) is 13.4 Å². The number of hydrogen-bond donors (Lipinski definition) is 1. The Hall–Kier alpha value is -1.06. The second kappa shape index (κ2) is 3.13. The molecule has 0 bridgehead atoms. The maximum atomic E-state index is 8.85. The van der Waals surface area contributed by atoms with Crippen molar-refractivity contribution < 1.29 is 14.6 Å². The van der Waals surface area contributed by atoms with Gasteiger partial charge in [-0.15, -0.1) is 0 Å². The molecule has 0 aliphatic carbocycles. The first-order valence-electron chi connectivity index (χ1n) is 3.83. The lowest BCUT2D eigenvalue weighted by atomic mass is 10.1. The Labute approximate surface area is 70.5 Å². The molecular formula is C9H10O3. The van der Waals surface area contributed by atoms with Crippen molar-refractivity contribution in [2.75, 3.05) is 6.79 Å².